The maximum atomic E-state index is 13.2. The number of aliphatic imine (C=N–C) groups is 1. The van der Waals surface area contributed by atoms with E-state index in [1.165, 1.54) is 22.1 Å². The third-order valence-electron chi connectivity index (χ3n) is 5.22. The van der Waals surface area contributed by atoms with Crippen molar-refractivity contribution in [1.29, 1.82) is 0 Å². The van der Waals surface area contributed by atoms with Gasteiger partial charge in [-0.2, -0.15) is 0 Å². The Labute approximate surface area is 187 Å². The van der Waals surface area contributed by atoms with Crippen molar-refractivity contribution in [3.8, 4) is 23.1 Å². The molecule has 2 aromatic heterocycles. The largest absolute Gasteiger partial charge is 0.494 e. The van der Waals surface area contributed by atoms with Crippen LogP contribution in [-0.2, 0) is 6.42 Å². The van der Waals surface area contributed by atoms with E-state index in [2.05, 4.69) is 22.1 Å². The van der Waals surface area contributed by atoms with Gasteiger partial charge in [0.05, 0.1) is 11.3 Å². The summed E-state index contributed by atoms with van der Waals surface area (Å²) in [5.41, 5.74) is 0.546. The fraction of sp³-hybridized carbons (Fsp3) is 0.217. The average Bonchev–Trinajstić information content (AvgIpc) is 3.46. The topological polar surface area (TPSA) is 98.8 Å². The second-order valence-electron chi connectivity index (χ2n) is 7.30. The Kier molecular flexibility index (Phi) is 5.32. The lowest BCUT2D eigenvalue weighted by molar-refractivity contribution is 0.174. The number of fused-ring (bicyclic) bond motifs is 2. The number of pyridine rings is 1. The molecule has 0 bridgehead atoms. The van der Waals surface area contributed by atoms with Gasteiger partial charge in [0.25, 0.3) is 5.56 Å². The number of unbranched alkanes of at least 4 members (excludes halogenated alkanes) is 1. The fourth-order valence-electron chi connectivity index (χ4n) is 3.60. The van der Waals surface area contributed by atoms with Gasteiger partial charge >= 0.3 is 0 Å². The minimum atomic E-state index is -0.341. The molecule has 0 radical (unpaired) electrons. The molecule has 2 aromatic carbocycles. The lowest BCUT2D eigenvalue weighted by atomic mass is 10.1. The number of aromatic nitrogens is 3. The third kappa shape index (κ3) is 3.60. The molecule has 3 heterocycles. The Morgan fingerprint density at radius 1 is 1.16 bits per heavy atom. The van der Waals surface area contributed by atoms with Gasteiger partial charge in [0, 0.05) is 29.5 Å². The number of aryl methyl sites for hydroxylation is 1. The van der Waals surface area contributed by atoms with Gasteiger partial charge in [0.15, 0.2) is 11.5 Å². The molecule has 0 saturated carbocycles. The molecule has 4 aromatic rings. The van der Waals surface area contributed by atoms with Crippen LogP contribution < -0.4 is 15.0 Å². The quantitative estimate of drug-likeness (QED) is 0.440. The van der Waals surface area contributed by atoms with Gasteiger partial charge in [-0.3, -0.25) is 4.79 Å². The van der Waals surface area contributed by atoms with Crippen LogP contribution in [0.25, 0.3) is 16.5 Å². The second kappa shape index (κ2) is 8.43. The van der Waals surface area contributed by atoms with Crippen LogP contribution in [0.1, 0.15) is 30.3 Å². The van der Waals surface area contributed by atoms with E-state index >= 15 is 0 Å². The summed E-state index contributed by atoms with van der Waals surface area (Å²) in [6, 6.07) is 12.2. The SMILES string of the molecule is CCCCc1nnc(/N=C/c2c(O)n(-c3ccc4c(c3)OCO4)c(=O)c3ccccc23)s1. The highest BCUT2D eigenvalue weighted by molar-refractivity contribution is 7.14. The van der Waals surface area contributed by atoms with Gasteiger partial charge in [-0.05, 0) is 24.6 Å². The monoisotopic (exact) mass is 448 g/mol. The normalized spacial score (nSPS) is 12.8. The molecule has 9 heteroatoms. The number of hydrogen-bond acceptors (Lipinski definition) is 8. The van der Waals surface area contributed by atoms with Crippen LogP contribution in [0.15, 0.2) is 52.3 Å². The number of rotatable bonds is 6. The highest BCUT2D eigenvalue weighted by atomic mass is 32.1. The van der Waals surface area contributed by atoms with E-state index in [0.29, 0.717) is 38.7 Å². The summed E-state index contributed by atoms with van der Waals surface area (Å²) >= 11 is 1.42. The zero-order chi connectivity index (χ0) is 22.1. The van der Waals surface area contributed by atoms with E-state index in [0.717, 1.165) is 24.3 Å². The lowest BCUT2D eigenvalue weighted by Gasteiger charge is -2.14. The first-order chi connectivity index (χ1) is 15.7. The highest BCUT2D eigenvalue weighted by Gasteiger charge is 2.19. The molecule has 0 fully saturated rings. The minimum Gasteiger partial charge on any atom is -0.494 e. The standard InChI is InChI=1S/C23H20N4O4S/c1-2-3-8-20-25-26-23(32-20)24-12-17-15-6-4-5-7-16(15)21(28)27(22(17)29)14-9-10-18-19(11-14)31-13-30-18/h4-7,9-12,29H,2-3,8,13H2,1H3/b24-12+. The van der Waals surface area contributed by atoms with Crippen LogP contribution in [0.2, 0.25) is 0 Å². The molecule has 0 unspecified atom stereocenters. The van der Waals surface area contributed by atoms with E-state index in [4.69, 9.17) is 9.47 Å². The summed E-state index contributed by atoms with van der Waals surface area (Å²) in [5, 5.41) is 21.9. The van der Waals surface area contributed by atoms with Crippen LogP contribution in [0.4, 0.5) is 5.13 Å². The van der Waals surface area contributed by atoms with Gasteiger partial charge in [-0.15, -0.1) is 10.2 Å². The van der Waals surface area contributed by atoms with Crippen LogP contribution >= 0.6 is 11.3 Å². The van der Waals surface area contributed by atoms with Gasteiger partial charge < -0.3 is 14.6 Å². The molecule has 162 valence electrons. The first-order valence-electron chi connectivity index (χ1n) is 10.3. The summed E-state index contributed by atoms with van der Waals surface area (Å²) in [6.45, 7) is 2.25. The Hall–Kier alpha value is -3.72. The summed E-state index contributed by atoms with van der Waals surface area (Å²) in [5.74, 6) is 0.900. The molecule has 1 aliphatic rings. The second-order valence-corrected chi connectivity index (χ2v) is 8.34. The van der Waals surface area contributed by atoms with Crippen molar-refractivity contribution in [1.82, 2.24) is 14.8 Å². The summed E-state index contributed by atoms with van der Waals surface area (Å²) in [7, 11) is 0. The van der Waals surface area contributed by atoms with Crippen molar-refractivity contribution in [2.45, 2.75) is 26.2 Å². The van der Waals surface area contributed by atoms with Gasteiger partial charge in [-0.25, -0.2) is 9.56 Å². The Bertz CT molecular complexity index is 1390. The van der Waals surface area contributed by atoms with Gasteiger partial charge in [-0.1, -0.05) is 42.9 Å². The van der Waals surface area contributed by atoms with Crippen molar-refractivity contribution in [3.05, 3.63) is 63.4 Å². The van der Waals surface area contributed by atoms with Crippen molar-refractivity contribution in [2.75, 3.05) is 6.79 Å². The molecule has 32 heavy (non-hydrogen) atoms. The Morgan fingerprint density at radius 2 is 1.97 bits per heavy atom. The fourth-order valence-corrected chi connectivity index (χ4v) is 4.32. The smallest absolute Gasteiger partial charge is 0.265 e. The van der Waals surface area contributed by atoms with Crippen molar-refractivity contribution in [2.24, 2.45) is 4.99 Å². The number of nitrogens with zero attached hydrogens (tertiary/aromatic N) is 4. The van der Waals surface area contributed by atoms with E-state index in [-0.39, 0.29) is 18.2 Å². The number of ether oxygens (including phenoxy) is 2. The highest BCUT2D eigenvalue weighted by Crippen LogP contribution is 2.35. The summed E-state index contributed by atoms with van der Waals surface area (Å²) < 4.78 is 12.0. The van der Waals surface area contributed by atoms with Crippen LogP contribution in [0, 0.1) is 0 Å². The van der Waals surface area contributed by atoms with Crippen LogP contribution in [0.3, 0.4) is 0 Å². The maximum absolute atomic E-state index is 13.2. The van der Waals surface area contributed by atoms with Crippen molar-refractivity contribution in [3.63, 3.8) is 0 Å². The van der Waals surface area contributed by atoms with Gasteiger partial charge in [0.2, 0.25) is 17.8 Å². The first-order valence-corrected chi connectivity index (χ1v) is 11.1. The predicted octanol–water partition coefficient (Wildman–Crippen LogP) is 4.37. The molecule has 0 atom stereocenters. The zero-order valence-corrected chi connectivity index (χ0v) is 18.1. The van der Waals surface area contributed by atoms with Crippen molar-refractivity contribution < 1.29 is 14.6 Å². The van der Waals surface area contributed by atoms with Crippen molar-refractivity contribution >= 4 is 33.5 Å². The Balaban J connectivity index is 1.62. The molecule has 1 N–H and O–H groups in total. The molecular weight excluding hydrogens is 428 g/mol. The Morgan fingerprint density at radius 3 is 2.81 bits per heavy atom. The third-order valence-corrected chi connectivity index (χ3v) is 6.11. The first kappa shape index (κ1) is 20.2. The van der Waals surface area contributed by atoms with Crippen LogP contribution in [0.5, 0.6) is 17.4 Å². The molecule has 0 aliphatic carbocycles. The minimum absolute atomic E-state index is 0.122. The van der Waals surface area contributed by atoms with E-state index in [1.54, 1.807) is 36.4 Å². The lowest BCUT2D eigenvalue weighted by Crippen LogP contribution is -2.20. The molecule has 5 rings (SSSR count). The maximum Gasteiger partial charge on any atom is 0.265 e. The molecule has 0 amide bonds. The van der Waals surface area contributed by atoms with Gasteiger partial charge in [0.1, 0.15) is 5.01 Å². The summed E-state index contributed by atoms with van der Waals surface area (Å²) in [6.07, 6.45) is 4.53. The van der Waals surface area contributed by atoms with E-state index in [9.17, 15) is 9.90 Å². The van der Waals surface area contributed by atoms with Crippen LogP contribution in [-0.4, -0.2) is 32.9 Å². The predicted molar refractivity (Wildman–Crippen MR) is 123 cm³/mol. The average molecular weight is 449 g/mol. The number of benzene rings is 2. The molecule has 1 aliphatic heterocycles. The van der Waals surface area contributed by atoms with E-state index < -0.39 is 0 Å². The molecule has 8 nitrogen and oxygen atoms in total. The summed E-state index contributed by atoms with van der Waals surface area (Å²) in [4.78, 5) is 17.7. The molecular formula is C23H20N4O4S. The molecule has 0 saturated heterocycles. The molecule has 0 spiro atoms. The number of hydrogen-bond donors (Lipinski definition) is 1. The zero-order valence-electron chi connectivity index (χ0n) is 17.3. The number of aromatic hydroxyl groups is 1. The van der Waals surface area contributed by atoms with E-state index in [1.807, 2.05) is 6.07 Å².